The molecule has 0 atom stereocenters. The molecule has 4 heteroatoms. The summed E-state index contributed by atoms with van der Waals surface area (Å²) >= 11 is 0. The molecule has 0 aliphatic rings. The Kier molecular flexibility index (Phi) is 3.91. The fourth-order valence-electron chi connectivity index (χ4n) is 5.61. The van der Waals surface area contributed by atoms with Gasteiger partial charge in [0.15, 0.2) is 0 Å². The summed E-state index contributed by atoms with van der Waals surface area (Å²) in [6.07, 6.45) is 1.87. The van der Waals surface area contributed by atoms with Crippen LogP contribution in [0.15, 0.2) is 121 Å². The highest BCUT2D eigenvalue weighted by Gasteiger charge is 2.20. The summed E-state index contributed by atoms with van der Waals surface area (Å²) in [6, 6.07) is 40.4. The number of fused-ring (bicyclic) bond motifs is 7. The molecule has 0 saturated carbocycles. The summed E-state index contributed by atoms with van der Waals surface area (Å²) in [4.78, 5) is 10.2. The number of pyridine rings is 2. The number of nitrogens with zero attached hydrogens (tertiary/aromatic N) is 4. The average Bonchev–Trinajstić information content (AvgIpc) is 3.44. The maximum atomic E-state index is 5.37. The predicted octanol–water partition coefficient (Wildman–Crippen LogP) is 7.82. The molecule has 8 aromatic rings. The molecule has 0 unspecified atom stereocenters. The lowest BCUT2D eigenvalue weighted by molar-refractivity contribution is 1.15. The molecule has 0 aliphatic carbocycles. The molecule has 0 aliphatic heterocycles. The zero-order valence-corrected chi connectivity index (χ0v) is 19.3. The lowest BCUT2D eigenvalue weighted by Gasteiger charge is -2.11. The first-order chi connectivity index (χ1) is 17.9. The summed E-state index contributed by atoms with van der Waals surface area (Å²) < 4.78 is 4.58. The molecule has 4 heterocycles. The van der Waals surface area contributed by atoms with Gasteiger partial charge in [-0.3, -0.25) is 9.55 Å². The summed E-state index contributed by atoms with van der Waals surface area (Å²) in [5.41, 5.74) is 8.38. The number of benzene rings is 4. The van der Waals surface area contributed by atoms with Gasteiger partial charge < -0.3 is 4.57 Å². The standard InChI is InChI=1S/C32H20N4/c1-2-12-22(13-3-1)35-27-16-7-6-15-24(27)31-29(35)20-25-30-28(18-9-19-33-30)36(32(25)34-31)26-17-8-11-21-10-4-5-14-23(21)26/h1-20H. The highest BCUT2D eigenvalue weighted by molar-refractivity contribution is 6.15. The quantitative estimate of drug-likeness (QED) is 0.264. The highest BCUT2D eigenvalue weighted by atomic mass is 15.1. The molecule has 4 aromatic carbocycles. The van der Waals surface area contributed by atoms with Crippen LogP contribution in [0.25, 0.3) is 66.2 Å². The molecule has 0 fully saturated rings. The summed E-state index contributed by atoms with van der Waals surface area (Å²) in [7, 11) is 0. The summed E-state index contributed by atoms with van der Waals surface area (Å²) in [6.45, 7) is 0. The second-order valence-corrected chi connectivity index (χ2v) is 9.12. The van der Waals surface area contributed by atoms with Crippen LogP contribution in [0.1, 0.15) is 0 Å². The zero-order chi connectivity index (χ0) is 23.6. The van der Waals surface area contributed by atoms with E-state index < -0.39 is 0 Å². The largest absolute Gasteiger partial charge is 0.308 e. The van der Waals surface area contributed by atoms with Crippen LogP contribution in [0, 0.1) is 0 Å². The van der Waals surface area contributed by atoms with Gasteiger partial charge in [0.25, 0.3) is 0 Å². The van der Waals surface area contributed by atoms with Gasteiger partial charge in [-0.05, 0) is 47.9 Å². The third kappa shape index (κ3) is 2.58. The van der Waals surface area contributed by atoms with Gasteiger partial charge in [0.2, 0.25) is 0 Å². The predicted molar refractivity (Wildman–Crippen MR) is 148 cm³/mol. The molecule has 4 nitrogen and oxygen atoms in total. The van der Waals surface area contributed by atoms with Crippen molar-refractivity contribution in [3.05, 3.63) is 121 Å². The first-order valence-corrected chi connectivity index (χ1v) is 12.1. The van der Waals surface area contributed by atoms with Crippen molar-refractivity contribution in [2.75, 3.05) is 0 Å². The maximum Gasteiger partial charge on any atom is 0.148 e. The lowest BCUT2D eigenvalue weighted by Crippen LogP contribution is -1.97. The van der Waals surface area contributed by atoms with Crippen LogP contribution >= 0.6 is 0 Å². The van der Waals surface area contributed by atoms with E-state index in [1.807, 2.05) is 12.3 Å². The van der Waals surface area contributed by atoms with Gasteiger partial charge in [0, 0.05) is 28.0 Å². The van der Waals surface area contributed by atoms with Gasteiger partial charge >= 0.3 is 0 Å². The van der Waals surface area contributed by atoms with Crippen LogP contribution in [-0.4, -0.2) is 19.1 Å². The van der Waals surface area contributed by atoms with Crippen LogP contribution in [0.5, 0.6) is 0 Å². The Morgan fingerprint density at radius 1 is 0.500 bits per heavy atom. The van der Waals surface area contributed by atoms with Crippen LogP contribution in [0.3, 0.4) is 0 Å². The minimum atomic E-state index is 0.920. The summed E-state index contributed by atoms with van der Waals surface area (Å²) in [5, 5.41) is 4.58. The van der Waals surface area contributed by atoms with Crippen molar-refractivity contribution >= 4 is 54.8 Å². The average molecular weight is 461 g/mol. The van der Waals surface area contributed by atoms with Crippen LogP contribution in [0.2, 0.25) is 0 Å². The third-order valence-corrected chi connectivity index (χ3v) is 7.14. The summed E-state index contributed by atoms with van der Waals surface area (Å²) in [5.74, 6) is 0. The molecule has 0 amide bonds. The van der Waals surface area contributed by atoms with Gasteiger partial charge in [0.1, 0.15) is 5.65 Å². The molecule has 0 spiro atoms. The Bertz CT molecular complexity index is 2090. The molecule has 168 valence electrons. The molecule has 36 heavy (non-hydrogen) atoms. The van der Waals surface area contributed by atoms with E-state index in [-0.39, 0.29) is 0 Å². The Balaban J connectivity index is 1.58. The van der Waals surface area contributed by atoms with Crippen molar-refractivity contribution in [2.24, 2.45) is 0 Å². The molecule has 4 aromatic heterocycles. The second-order valence-electron chi connectivity index (χ2n) is 9.12. The third-order valence-electron chi connectivity index (χ3n) is 7.14. The van der Waals surface area contributed by atoms with Gasteiger partial charge in [-0.2, -0.15) is 0 Å². The van der Waals surface area contributed by atoms with E-state index in [2.05, 4.69) is 118 Å². The molecular weight excluding hydrogens is 440 g/mol. The highest BCUT2D eigenvalue weighted by Crippen LogP contribution is 2.38. The van der Waals surface area contributed by atoms with Crippen molar-refractivity contribution in [1.82, 2.24) is 19.1 Å². The number of rotatable bonds is 2. The monoisotopic (exact) mass is 460 g/mol. The number of para-hydroxylation sites is 2. The number of aromatic nitrogens is 4. The first kappa shape index (κ1) is 19.4. The molecule has 0 bridgehead atoms. The van der Waals surface area contributed by atoms with Crippen molar-refractivity contribution in [3.63, 3.8) is 0 Å². The SMILES string of the molecule is c1ccc(-n2c3ccccc3c3nc4c(cc32)c2ncccc2n4-c2cccc3ccccc23)cc1. The zero-order valence-electron chi connectivity index (χ0n) is 19.3. The molecule has 8 rings (SSSR count). The fourth-order valence-corrected chi connectivity index (χ4v) is 5.61. The topological polar surface area (TPSA) is 35.6 Å². The Labute approximate surface area is 206 Å². The minimum absolute atomic E-state index is 0.920. The maximum absolute atomic E-state index is 5.37. The van der Waals surface area contributed by atoms with Crippen molar-refractivity contribution < 1.29 is 0 Å². The molecule has 0 radical (unpaired) electrons. The van der Waals surface area contributed by atoms with Crippen LogP contribution in [-0.2, 0) is 0 Å². The van der Waals surface area contributed by atoms with E-state index >= 15 is 0 Å². The van der Waals surface area contributed by atoms with Crippen molar-refractivity contribution in [2.45, 2.75) is 0 Å². The van der Waals surface area contributed by atoms with Gasteiger partial charge in [0.05, 0.1) is 33.3 Å². The van der Waals surface area contributed by atoms with Crippen molar-refractivity contribution in [1.29, 1.82) is 0 Å². The van der Waals surface area contributed by atoms with E-state index in [0.29, 0.717) is 0 Å². The Hall–Kier alpha value is -4.96. The Morgan fingerprint density at radius 2 is 1.25 bits per heavy atom. The molecule has 0 N–H and O–H groups in total. The number of hydrogen-bond acceptors (Lipinski definition) is 2. The van der Waals surface area contributed by atoms with E-state index in [4.69, 9.17) is 9.97 Å². The molecule has 0 saturated heterocycles. The van der Waals surface area contributed by atoms with E-state index in [1.165, 1.54) is 10.8 Å². The normalized spacial score (nSPS) is 11.9. The van der Waals surface area contributed by atoms with Gasteiger partial charge in [-0.25, -0.2) is 4.98 Å². The smallest absolute Gasteiger partial charge is 0.148 e. The van der Waals surface area contributed by atoms with E-state index in [9.17, 15) is 0 Å². The molecular formula is C32H20N4. The minimum Gasteiger partial charge on any atom is -0.308 e. The van der Waals surface area contributed by atoms with Crippen molar-refractivity contribution in [3.8, 4) is 11.4 Å². The fraction of sp³-hybridized carbons (Fsp3) is 0. The van der Waals surface area contributed by atoms with E-state index in [0.717, 1.165) is 55.4 Å². The number of hydrogen-bond donors (Lipinski definition) is 0. The lowest BCUT2D eigenvalue weighted by atomic mass is 10.1. The van der Waals surface area contributed by atoms with E-state index in [1.54, 1.807) is 0 Å². The van der Waals surface area contributed by atoms with Gasteiger partial charge in [-0.15, -0.1) is 0 Å². The van der Waals surface area contributed by atoms with Gasteiger partial charge in [-0.1, -0.05) is 72.8 Å². The first-order valence-electron chi connectivity index (χ1n) is 12.1. The second kappa shape index (κ2) is 7.27. The van der Waals surface area contributed by atoms with Crippen LogP contribution in [0.4, 0.5) is 0 Å². The van der Waals surface area contributed by atoms with Crippen LogP contribution < -0.4 is 0 Å². The Morgan fingerprint density at radius 3 is 2.17 bits per heavy atom.